The first-order valence-electron chi connectivity index (χ1n) is 7.16. The number of carbonyl (C=O) groups is 1. The van der Waals surface area contributed by atoms with Gasteiger partial charge in [0.15, 0.2) is 5.82 Å². The Hall–Kier alpha value is -2.05. The van der Waals surface area contributed by atoms with E-state index in [0.29, 0.717) is 23.1 Å². The lowest BCUT2D eigenvalue weighted by atomic mass is 10.3. The minimum Gasteiger partial charge on any atom is -0.398 e. The highest BCUT2D eigenvalue weighted by Crippen LogP contribution is 2.22. The number of nitrogens with zero attached hydrogens (tertiary/aromatic N) is 3. The summed E-state index contributed by atoms with van der Waals surface area (Å²) < 4.78 is 1.64. The van der Waals surface area contributed by atoms with Crippen LogP contribution in [0.5, 0.6) is 0 Å². The third-order valence-electron chi connectivity index (χ3n) is 3.37. The molecule has 1 aromatic carbocycles. The number of rotatable bonds is 6. The molecular formula is C15H20ClN5O. The molecule has 0 unspecified atom stereocenters. The fourth-order valence-electron chi connectivity index (χ4n) is 2.03. The number of amides is 1. The maximum absolute atomic E-state index is 11.9. The van der Waals surface area contributed by atoms with Gasteiger partial charge in [0.1, 0.15) is 0 Å². The third-order valence-corrected chi connectivity index (χ3v) is 3.69. The van der Waals surface area contributed by atoms with Crippen LogP contribution in [0, 0.1) is 0 Å². The van der Waals surface area contributed by atoms with E-state index in [1.54, 1.807) is 29.1 Å². The van der Waals surface area contributed by atoms with E-state index in [2.05, 4.69) is 10.4 Å². The van der Waals surface area contributed by atoms with Crippen molar-refractivity contribution in [3.8, 4) is 5.69 Å². The summed E-state index contributed by atoms with van der Waals surface area (Å²) in [4.78, 5) is 14.0. The van der Waals surface area contributed by atoms with Crippen LogP contribution in [0.4, 0.5) is 11.5 Å². The summed E-state index contributed by atoms with van der Waals surface area (Å²) in [6.07, 6.45) is 1.76. The minimum atomic E-state index is -0.0794. The van der Waals surface area contributed by atoms with Gasteiger partial charge in [-0.05, 0) is 31.3 Å². The number of halogens is 1. The second-order valence-electron chi connectivity index (χ2n) is 4.86. The second kappa shape index (κ2) is 7.29. The van der Waals surface area contributed by atoms with Crippen molar-refractivity contribution in [3.63, 3.8) is 0 Å². The van der Waals surface area contributed by atoms with E-state index < -0.39 is 0 Å². The van der Waals surface area contributed by atoms with Crippen molar-refractivity contribution in [2.45, 2.75) is 13.8 Å². The Bertz CT molecular complexity index is 651. The fraction of sp³-hybridized carbons (Fsp3) is 0.333. The molecule has 1 heterocycles. The van der Waals surface area contributed by atoms with Gasteiger partial charge in [-0.3, -0.25) is 9.69 Å². The summed E-state index contributed by atoms with van der Waals surface area (Å²) in [5.41, 5.74) is 6.99. The van der Waals surface area contributed by atoms with Gasteiger partial charge in [0.25, 0.3) is 0 Å². The lowest BCUT2D eigenvalue weighted by Gasteiger charge is -2.16. The number of anilines is 2. The van der Waals surface area contributed by atoms with E-state index in [4.69, 9.17) is 17.3 Å². The van der Waals surface area contributed by atoms with Gasteiger partial charge >= 0.3 is 0 Å². The maximum atomic E-state index is 11.9. The Morgan fingerprint density at radius 1 is 1.36 bits per heavy atom. The largest absolute Gasteiger partial charge is 0.398 e. The highest BCUT2D eigenvalue weighted by Gasteiger charge is 2.10. The number of nitrogens with one attached hydrogen (secondary N) is 1. The number of hydrogen-bond acceptors (Lipinski definition) is 4. The third kappa shape index (κ3) is 3.99. The van der Waals surface area contributed by atoms with Gasteiger partial charge in [-0.1, -0.05) is 25.4 Å². The van der Waals surface area contributed by atoms with E-state index >= 15 is 0 Å². The van der Waals surface area contributed by atoms with Crippen LogP contribution >= 0.6 is 11.6 Å². The summed E-state index contributed by atoms with van der Waals surface area (Å²) in [6, 6.07) is 7.00. The first-order valence-corrected chi connectivity index (χ1v) is 7.54. The first kappa shape index (κ1) is 16.3. The van der Waals surface area contributed by atoms with Gasteiger partial charge in [0.2, 0.25) is 5.91 Å². The van der Waals surface area contributed by atoms with Gasteiger partial charge < -0.3 is 11.1 Å². The molecule has 0 aliphatic heterocycles. The van der Waals surface area contributed by atoms with Gasteiger partial charge in [-0.25, -0.2) is 4.68 Å². The summed E-state index contributed by atoms with van der Waals surface area (Å²) in [7, 11) is 0. The van der Waals surface area contributed by atoms with E-state index in [-0.39, 0.29) is 5.91 Å². The predicted molar refractivity (Wildman–Crippen MR) is 89.4 cm³/mol. The average Bonchev–Trinajstić information content (AvgIpc) is 2.96. The van der Waals surface area contributed by atoms with E-state index in [9.17, 15) is 4.79 Å². The average molecular weight is 322 g/mol. The molecular weight excluding hydrogens is 302 g/mol. The number of carbonyl (C=O) groups excluding carboxylic acids is 1. The van der Waals surface area contributed by atoms with Gasteiger partial charge in [-0.2, -0.15) is 5.10 Å². The Morgan fingerprint density at radius 2 is 2.09 bits per heavy atom. The summed E-state index contributed by atoms with van der Waals surface area (Å²) in [5.74, 6) is 0.425. The van der Waals surface area contributed by atoms with Crippen LogP contribution in [-0.2, 0) is 4.79 Å². The molecule has 0 aliphatic carbocycles. The molecule has 2 rings (SSSR count). The SMILES string of the molecule is CCN(CC)CC(=O)Nc1ccn(-c2ccc(N)c(Cl)c2)n1. The molecule has 2 aromatic rings. The van der Waals surface area contributed by atoms with Crippen molar-refractivity contribution in [1.82, 2.24) is 14.7 Å². The Balaban J connectivity index is 2.05. The maximum Gasteiger partial charge on any atom is 0.239 e. The van der Waals surface area contributed by atoms with Gasteiger partial charge in [-0.15, -0.1) is 0 Å². The fourth-order valence-corrected chi connectivity index (χ4v) is 2.20. The summed E-state index contributed by atoms with van der Waals surface area (Å²) in [5, 5.41) is 7.58. The quantitative estimate of drug-likeness (QED) is 0.801. The van der Waals surface area contributed by atoms with Crippen LogP contribution < -0.4 is 11.1 Å². The number of nitrogens with two attached hydrogens (primary N) is 1. The zero-order valence-electron chi connectivity index (χ0n) is 12.7. The number of nitrogen functional groups attached to an aromatic ring is 1. The van der Waals surface area contributed by atoms with E-state index in [1.165, 1.54) is 0 Å². The summed E-state index contributed by atoms with van der Waals surface area (Å²) >= 11 is 6.00. The molecule has 0 radical (unpaired) electrons. The van der Waals surface area contributed by atoms with Crippen molar-refractivity contribution in [2.75, 3.05) is 30.7 Å². The summed E-state index contributed by atoms with van der Waals surface area (Å²) in [6.45, 7) is 6.07. The van der Waals surface area contributed by atoms with Crippen LogP contribution in [0.2, 0.25) is 5.02 Å². The number of benzene rings is 1. The molecule has 0 aliphatic rings. The van der Waals surface area contributed by atoms with Crippen LogP contribution in [0.15, 0.2) is 30.5 Å². The Kier molecular flexibility index (Phi) is 5.41. The number of hydrogen-bond donors (Lipinski definition) is 2. The topological polar surface area (TPSA) is 76.2 Å². The second-order valence-corrected chi connectivity index (χ2v) is 5.27. The zero-order chi connectivity index (χ0) is 16.1. The molecule has 0 spiro atoms. The molecule has 1 amide bonds. The highest BCUT2D eigenvalue weighted by molar-refractivity contribution is 6.33. The Labute approximate surface area is 134 Å². The van der Waals surface area contributed by atoms with Crippen LogP contribution in [-0.4, -0.2) is 40.2 Å². The number of likely N-dealkylation sites (N-methyl/N-ethyl adjacent to an activating group) is 1. The zero-order valence-corrected chi connectivity index (χ0v) is 13.5. The van der Waals surface area contributed by atoms with Gasteiger partial charge in [0, 0.05) is 12.3 Å². The number of aromatic nitrogens is 2. The van der Waals surface area contributed by atoms with Crippen LogP contribution in [0.25, 0.3) is 5.69 Å². The molecule has 0 bridgehead atoms. The Morgan fingerprint density at radius 3 is 2.73 bits per heavy atom. The molecule has 0 saturated heterocycles. The van der Waals surface area contributed by atoms with Crippen molar-refractivity contribution in [1.29, 1.82) is 0 Å². The highest BCUT2D eigenvalue weighted by atomic mass is 35.5. The van der Waals surface area contributed by atoms with Gasteiger partial charge in [0.05, 0.1) is 22.9 Å². The standard InChI is InChI=1S/C15H20ClN5O/c1-3-20(4-2)10-15(22)18-14-7-8-21(19-14)11-5-6-13(17)12(16)9-11/h5-9H,3-4,10,17H2,1-2H3,(H,18,19,22). The van der Waals surface area contributed by atoms with Crippen molar-refractivity contribution in [2.24, 2.45) is 0 Å². The normalized spacial score (nSPS) is 10.9. The van der Waals surface area contributed by atoms with Crippen LogP contribution in [0.3, 0.4) is 0 Å². The predicted octanol–water partition coefficient (Wildman–Crippen LogP) is 2.39. The van der Waals surface area contributed by atoms with Crippen molar-refractivity contribution >= 4 is 29.0 Å². The molecule has 118 valence electrons. The molecule has 0 atom stereocenters. The van der Waals surface area contributed by atoms with Crippen LogP contribution in [0.1, 0.15) is 13.8 Å². The van der Waals surface area contributed by atoms with E-state index in [0.717, 1.165) is 18.8 Å². The lowest BCUT2D eigenvalue weighted by molar-refractivity contribution is -0.117. The molecule has 0 fully saturated rings. The molecule has 6 nitrogen and oxygen atoms in total. The van der Waals surface area contributed by atoms with E-state index in [1.807, 2.05) is 24.8 Å². The molecule has 22 heavy (non-hydrogen) atoms. The monoisotopic (exact) mass is 321 g/mol. The lowest BCUT2D eigenvalue weighted by Crippen LogP contribution is -2.33. The molecule has 0 saturated carbocycles. The minimum absolute atomic E-state index is 0.0794. The van der Waals surface area contributed by atoms with Crippen molar-refractivity contribution in [3.05, 3.63) is 35.5 Å². The smallest absolute Gasteiger partial charge is 0.239 e. The molecule has 3 N–H and O–H groups in total. The van der Waals surface area contributed by atoms with Crippen molar-refractivity contribution < 1.29 is 4.79 Å². The molecule has 7 heteroatoms. The first-order chi connectivity index (χ1) is 10.5. The molecule has 1 aromatic heterocycles.